The molecule has 3 N–H and O–H groups in total. The molecule has 1 aliphatic rings. The second kappa shape index (κ2) is 7.80. The van der Waals surface area contributed by atoms with E-state index in [9.17, 15) is 24.9 Å². The topological polar surface area (TPSA) is 101 Å². The van der Waals surface area contributed by atoms with Crippen LogP contribution in [0.15, 0.2) is 30.3 Å². The summed E-state index contributed by atoms with van der Waals surface area (Å²) in [6.07, 6.45) is 1.75. The molecule has 0 spiro atoms. The lowest BCUT2D eigenvalue weighted by Gasteiger charge is -2.20. The van der Waals surface area contributed by atoms with Gasteiger partial charge in [0.2, 0.25) is 0 Å². The molecular formula is C21H24N2O5. The third-order valence-electron chi connectivity index (χ3n) is 4.97. The van der Waals surface area contributed by atoms with E-state index in [0.29, 0.717) is 19.6 Å². The van der Waals surface area contributed by atoms with Crippen molar-refractivity contribution in [3.63, 3.8) is 0 Å². The lowest BCUT2D eigenvalue weighted by molar-refractivity contribution is 0.0748. The van der Waals surface area contributed by atoms with Crippen molar-refractivity contribution in [3.8, 4) is 17.2 Å². The minimum Gasteiger partial charge on any atom is -0.508 e. The summed E-state index contributed by atoms with van der Waals surface area (Å²) in [6, 6.07) is 7.21. The largest absolute Gasteiger partial charge is 0.508 e. The predicted octanol–water partition coefficient (Wildman–Crippen LogP) is 2.83. The number of rotatable bonds is 5. The number of carbonyl (C=O) groups is 2. The number of carbonyl (C=O) groups excluding carboxylic acids is 2. The predicted molar refractivity (Wildman–Crippen MR) is 103 cm³/mol. The van der Waals surface area contributed by atoms with Crippen LogP contribution in [0, 0.1) is 0 Å². The fourth-order valence-electron chi connectivity index (χ4n) is 3.32. The number of fused-ring (bicyclic) bond motifs is 1. The van der Waals surface area contributed by atoms with Crippen molar-refractivity contribution in [3.05, 3.63) is 52.6 Å². The van der Waals surface area contributed by atoms with Gasteiger partial charge in [-0.3, -0.25) is 9.59 Å². The standard InChI is InChI=1S/C21H24N2O5/c1-3-4-7-22(2)20(27)16-9-17(19(26)10-18(16)25)21(28)23-11-13-5-6-15(24)8-14(13)12-23/h5-6,8-10,24-26H,3-4,7,11-12H2,1-2H3. The normalized spacial score (nSPS) is 12.7. The molecule has 7 heteroatoms. The Kier molecular flexibility index (Phi) is 5.44. The molecule has 0 radical (unpaired) electrons. The van der Waals surface area contributed by atoms with E-state index >= 15 is 0 Å². The summed E-state index contributed by atoms with van der Waals surface area (Å²) in [7, 11) is 1.63. The molecule has 0 unspecified atom stereocenters. The molecule has 0 aromatic heterocycles. The molecule has 1 aliphatic heterocycles. The van der Waals surface area contributed by atoms with E-state index in [4.69, 9.17) is 0 Å². The number of unbranched alkanes of at least 4 members (excludes halogenated alkanes) is 1. The SMILES string of the molecule is CCCCN(C)C(=O)c1cc(C(=O)N2Cc3ccc(O)cc3C2)c(O)cc1O. The van der Waals surface area contributed by atoms with Gasteiger partial charge < -0.3 is 25.1 Å². The maximum absolute atomic E-state index is 12.9. The van der Waals surface area contributed by atoms with E-state index in [-0.39, 0.29) is 28.4 Å². The Morgan fingerprint density at radius 1 is 1.00 bits per heavy atom. The van der Waals surface area contributed by atoms with Crippen molar-refractivity contribution in [2.45, 2.75) is 32.9 Å². The molecule has 0 saturated heterocycles. The van der Waals surface area contributed by atoms with Crippen molar-refractivity contribution in [1.82, 2.24) is 9.80 Å². The number of nitrogens with zero attached hydrogens (tertiary/aromatic N) is 2. The summed E-state index contributed by atoms with van der Waals surface area (Å²) < 4.78 is 0. The summed E-state index contributed by atoms with van der Waals surface area (Å²) >= 11 is 0. The van der Waals surface area contributed by atoms with Crippen molar-refractivity contribution in [2.75, 3.05) is 13.6 Å². The second-order valence-corrected chi connectivity index (χ2v) is 7.08. The average molecular weight is 384 g/mol. The van der Waals surface area contributed by atoms with Crippen LogP contribution in [0.1, 0.15) is 51.6 Å². The van der Waals surface area contributed by atoms with E-state index in [0.717, 1.165) is 30.0 Å². The first-order valence-corrected chi connectivity index (χ1v) is 9.23. The van der Waals surface area contributed by atoms with E-state index < -0.39 is 11.8 Å². The van der Waals surface area contributed by atoms with Gasteiger partial charge in [-0.25, -0.2) is 0 Å². The van der Waals surface area contributed by atoms with Gasteiger partial charge in [-0.1, -0.05) is 19.4 Å². The van der Waals surface area contributed by atoms with Gasteiger partial charge in [0.25, 0.3) is 11.8 Å². The Bertz CT molecular complexity index is 925. The average Bonchev–Trinajstić information content (AvgIpc) is 3.08. The van der Waals surface area contributed by atoms with Gasteiger partial charge in [-0.15, -0.1) is 0 Å². The van der Waals surface area contributed by atoms with Crippen LogP contribution in [0.3, 0.4) is 0 Å². The van der Waals surface area contributed by atoms with Crippen molar-refractivity contribution < 1.29 is 24.9 Å². The zero-order valence-electron chi connectivity index (χ0n) is 16.0. The Balaban J connectivity index is 1.86. The third kappa shape index (κ3) is 3.74. The zero-order chi connectivity index (χ0) is 20.4. The quantitative estimate of drug-likeness (QED) is 0.736. The Labute approximate surface area is 163 Å². The Morgan fingerprint density at radius 2 is 1.68 bits per heavy atom. The fourth-order valence-corrected chi connectivity index (χ4v) is 3.32. The minimum absolute atomic E-state index is 0.0193. The molecule has 3 rings (SSSR count). The lowest BCUT2D eigenvalue weighted by Crippen LogP contribution is -2.29. The highest BCUT2D eigenvalue weighted by Crippen LogP contribution is 2.32. The molecule has 1 heterocycles. The van der Waals surface area contributed by atoms with Gasteiger partial charge in [-0.2, -0.15) is 0 Å². The smallest absolute Gasteiger partial charge is 0.258 e. The molecule has 0 saturated carbocycles. The number of phenols is 3. The number of benzene rings is 2. The van der Waals surface area contributed by atoms with Gasteiger partial charge in [0.15, 0.2) is 0 Å². The van der Waals surface area contributed by atoms with Crippen molar-refractivity contribution in [1.29, 1.82) is 0 Å². The first kappa shape index (κ1) is 19.5. The summed E-state index contributed by atoms with van der Waals surface area (Å²) in [5.41, 5.74) is 1.69. The minimum atomic E-state index is -0.446. The Morgan fingerprint density at radius 3 is 2.39 bits per heavy atom. The van der Waals surface area contributed by atoms with Crippen LogP contribution < -0.4 is 0 Å². The highest BCUT2D eigenvalue weighted by Gasteiger charge is 2.28. The van der Waals surface area contributed by atoms with Gasteiger partial charge >= 0.3 is 0 Å². The number of hydrogen-bond donors (Lipinski definition) is 3. The summed E-state index contributed by atoms with van der Waals surface area (Å²) in [4.78, 5) is 28.6. The number of hydrogen-bond acceptors (Lipinski definition) is 5. The maximum atomic E-state index is 12.9. The monoisotopic (exact) mass is 384 g/mol. The van der Waals surface area contributed by atoms with Crippen molar-refractivity contribution >= 4 is 11.8 Å². The van der Waals surface area contributed by atoms with Crippen LogP contribution in [0.2, 0.25) is 0 Å². The Hall–Kier alpha value is -3.22. The second-order valence-electron chi connectivity index (χ2n) is 7.08. The first-order valence-electron chi connectivity index (χ1n) is 9.23. The van der Waals surface area contributed by atoms with E-state index in [2.05, 4.69) is 0 Å². The van der Waals surface area contributed by atoms with Gasteiger partial charge in [0.1, 0.15) is 17.2 Å². The molecule has 148 valence electrons. The molecule has 28 heavy (non-hydrogen) atoms. The summed E-state index contributed by atoms with van der Waals surface area (Å²) in [5, 5.41) is 29.9. The van der Waals surface area contributed by atoms with Crippen LogP contribution in [-0.2, 0) is 13.1 Å². The number of amides is 2. The van der Waals surface area contributed by atoms with Crippen LogP contribution in [0.5, 0.6) is 17.2 Å². The molecule has 2 aromatic rings. The highest BCUT2D eigenvalue weighted by atomic mass is 16.3. The molecule has 0 bridgehead atoms. The summed E-state index contributed by atoms with van der Waals surface area (Å²) in [6.45, 7) is 3.18. The maximum Gasteiger partial charge on any atom is 0.258 e. The van der Waals surface area contributed by atoms with E-state index in [1.807, 2.05) is 6.92 Å². The third-order valence-corrected chi connectivity index (χ3v) is 4.97. The zero-order valence-corrected chi connectivity index (χ0v) is 16.0. The van der Waals surface area contributed by atoms with E-state index in [1.165, 1.54) is 15.9 Å². The van der Waals surface area contributed by atoms with Crippen molar-refractivity contribution in [2.24, 2.45) is 0 Å². The van der Waals surface area contributed by atoms with Gasteiger partial charge in [-0.05, 0) is 35.7 Å². The highest BCUT2D eigenvalue weighted by molar-refractivity contribution is 6.03. The van der Waals surface area contributed by atoms with E-state index in [1.54, 1.807) is 25.2 Å². The van der Waals surface area contributed by atoms with Gasteiger partial charge in [0, 0.05) is 32.7 Å². The van der Waals surface area contributed by atoms with Crippen LogP contribution >= 0.6 is 0 Å². The molecule has 0 atom stereocenters. The molecule has 0 fully saturated rings. The molecule has 2 amide bonds. The van der Waals surface area contributed by atoms with Gasteiger partial charge in [0.05, 0.1) is 11.1 Å². The van der Waals surface area contributed by atoms with Crippen LogP contribution in [-0.4, -0.2) is 50.5 Å². The molecule has 2 aromatic carbocycles. The molecule has 7 nitrogen and oxygen atoms in total. The molecular weight excluding hydrogens is 360 g/mol. The fraction of sp³-hybridized carbons (Fsp3) is 0.333. The number of phenolic OH excluding ortho intramolecular Hbond substituents is 3. The molecule has 0 aliphatic carbocycles. The van der Waals surface area contributed by atoms with Crippen LogP contribution in [0.25, 0.3) is 0 Å². The lowest BCUT2D eigenvalue weighted by atomic mass is 10.1. The first-order chi connectivity index (χ1) is 13.3. The van der Waals surface area contributed by atoms with Crippen LogP contribution in [0.4, 0.5) is 0 Å². The summed E-state index contributed by atoms with van der Waals surface area (Å²) in [5.74, 6) is -1.47. The number of aromatic hydroxyl groups is 3.